The van der Waals surface area contributed by atoms with Gasteiger partial charge in [0.25, 0.3) is 17.7 Å². The van der Waals surface area contributed by atoms with E-state index in [0.717, 1.165) is 10.9 Å². The van der Waals surface area contributed by atoms with Crippen LogP contribution in [-0.2, 0) is 28.7 Å². The van der Waals surface area contributed by atoms with Crippen molar-refractivity contribution < 1.29 is 38.3 Å². The molecule has 3 amide bonds. The number of likely N-dealkylation sites (tertiary alicyclic amines) is 1. The number of amides is 3. The van der Waals surface area contributed by atoms with Crippen LogP contribution in [0.4, 0.5) is 0 Å². The number of imide groups is 1. The standard InChI is InChI=1S/C28H32N2O8Si/c1-39(2,3)18-17-36-29-16-10-15-21(24(29)31)30-25(32)22(37-27(34)19-11-6-4-7-12-19)23(26(30)33)38-28(35)20-13-8-5-9-14-20/h4-9,11-14,21-23H,10,15-18H2,1-3H3/t21-,22-,23-/m0/s1. The molecule has 0 aromatic heterocycles. The summed E-state index contributed by atoms with van der Waals surface area (Å²) in [6.45, 7) is 7.24. The molecule has 2 heterocycles. The minimum atomic E-state index is -1.74. The van der Waals surface area contributed by atoms with Gasteiger partial charge < -0.3 is 9.47 Å². The summed E-state index contributed by atoms with van der Waals surface area (Å²) in [7, 11) is -1.41. The van der Waals surface area contributed by atoms with Crippen LogP contribution >= 0.6 is 0 Å². The zero-order valence-electron chi connectivity index (χ0n) is 22.2. The molecule has 2 aromatic carbocycles. The Bertz CT molecular complexity index is 1160. The van der Waals surface area contributed by atoms with Gasteiger partial charge in [0.05, 0.1) is 17.7 Å². The number of carbonyl (C=O) groups excluding carboxylic acids is 5. The van der Waals surface area contributed by atoms with Gasteiger partial charge in [0.1, 0.15) is 6.04 Å². The monoisotopic (exact) mass is 552 g/mol. The average Bonchev–Trinajstić information content (AvgIpc) is 3.13. The zero-order valence-corrected chi connectivity index (χ0v) is 23.2. The average molecular weight is 553 g/mol. The smallest absolute Gasteiger partial charge is 0.339 e. The van der Waals surface area contributed by atoms with Crippen molar-refractivity contribution in [1.29, 1.82) is 0 Å². The van der Waals surface area contributed by atoms with Crippen LogP contribution in [0.2, 0.25) is 25.7 Å². The van der Waals surface area contributed by atoms with Crippen molar-refractivity contribution in [1.82, 2.24) is 9.96 Å². The fourth-order valence-electron chi connectivity index (χ4n) is 4.35. The molecule has 0 spiro atoms. The molecule has 0 aliphatic carbocycles. The summed E-state index contributed by atoms with van der Waals surface area (Å²) in [5.41, 5.74) is 0.306. The predicted molar refractivity (Wildman–Crippen MR) is 142 cm³/mol. The quantitative estimate of drug-likeness (QED) is 0.265. The van der Waals surface area contributed by atoms with Crippen molar-refractivity contribution >= 4 is 37.7 Å². The van der Waals surface area contributed by atoms with Crippen LogP contribution in [0, 0.1) is 0 Å². The Hall–Kier alpha value is -3.83. The van der Waals surface area contributed by atoms with Gasteiger partial charge in [-0.2, -0.15) is 0 Å². The first-order valence-corrected chi connectivity index (χ1v) is 16.6. The molecule has 0 unspecified atom stereocenters. The maximum Gasteiger partial charge on any atom is 0.339 e. The predicted octanol–water partition coefficient (Wildman–Crippen LogP) is 3.07. The summed E-state index contributed by atoms with van der Waals surface area (Å²) in [4.78, 5) is 72.5. The van der Waals surface area contributed by atoms with Crippen LogP contribution in [0.25, 0.3) is 0 Å². The van der Waals surface area contributed by atoms with Crippen molar-refractivity contribution in [2.75, 3.05) is 13.2 Å². The van der Waals surface area contributed by atoms with E-state index in [-0.39, 0.29) is 17.5 Å². The third-order valence-electron chi connectivity index (χ3n) is 6.50. The molecule has 3 atom stereocenters. The van der Waals surface area contributed by atoms with Crippen LogP contribution in [0.15, 0.2) is 60.7 Å². The molecular weight excluding hydrogens is 520 g/mol. The molecule has 0 bridgehead atoms. The van der Waals surface area contributed by atoms with Crippen LogP contribution in [0.3, 0.4) is 0 Å². The number of esters is 2. The molecule has 39 heavy (non-hydrogen) atoms. The number of piperidine rings is 1. The van der Waals surface area contributed by atoms with E-state index in [1.807, 2.05) is 0 Å². The lowest BCUT2D eigenvalue weighted by Crippen LogP contribution is -2.55. The summed E-state index contributed by atoms with van der Waals surface area (Å²) >= 11 is 0. The maximum absolute atomic E-state index is 13.5. The molecule has 2 fully saturated rings. The second-order valence-corrected chi connectivity index (χ2v) is 16.3. The van der Waals surface area contributed by atoms with E-state index in [0.29, 0.717) is 19.6 Å². The molecule has 10 nitrogen and oxygen atoms in total. The minimum absolute atomic E-state index is 0.153. The van der Waals surface area contributed by atoms with Crippen molar-refractivity contribution in [3.05, 3.63) is 71.8 Å². The van der Waals surface area contributed by atoms with Gasteiger partial charge in [0, 0.05) is 14.6 Å². The summed E-state index contributed by atoms with van der Waals surface area (Å²) in [5, 5.41) is 1.20. The Morgan fingerprint density at radius 1 is 0.795 bits per heavy atom. The fourth-order valence-corrected chi connectivity index (χ4v) is 5.05. The highest BCUT2D eigenvalue weighted by molar-refractivity contribution is 6.76. The Morgan fingerprint density at radius 2 is 1.28 bits per heavy atom. The van der Waals surface area contributed by atoms with Crippen molar-refractivity contribution in [3.8, 4) is 0 Å². The number of hydrogen-bond donors (Lipinski definition) is 0. The molecule has 206 valence electrons. The van der Waals surface area contributed by atoms with Gasteiger partial charge in [0.15, 0.2) is 0 Å². The molecule has 2 aromatic rings. The van der Waals surface area contributed by atoms with Crippen LogP contribution in [-0.4, -0.2) is 79.1 Å². The second-order valence-electron chi connectivity index (χ2n) is 10.7. The highest BCUT2D eigenvalue weighted by Crippen LogP contribution is 2.29. The lowest BCUT2D eigenvalue weighted by molar-refractivity contribution is -0.198. The van der Waals surface area contributed by atoms with Crippen molar-refractivity contribution in [2.24, 2.45) is 0 Å². The molecule has 2 saturated heterocycles. The highest BCUT2D eigenvalue weighted by Gasteiger charge is 2.57. The van der Waals surface area contributed by atoms with Crippen LogP contribution in [0.5, 0.6) is 0 Å². The third-order valence-corrected chi connectivity index (χ3v) is 8.21. The van der Waals surface area contributed by atoms with E-state index in [4.69, 9.17) is 14.3 Å². The van der Waals surface area contributed by atoms with E-state index in [2.05, 4.69) is 19.6 Å². The SMILES string of the molecule is C[Si](C)(C)CCON1CCC[C@H](N2C(=O)[C@@H](OC(=O)c3ccccc3)[C@H](OC(=O)c3ccccc3)C2=O)C1=O. The summed E-state index contributed by atoms with van der Waals surface area (Å²) in [6, 6.07) is 15.5. The number of benzene rings is 2. The lowest BCUT2D eigenvalue weighted by Gasteiger charge is -2.35. The van der Waals surface area contributed by atoms with E-state index < -0.39 is 56.0 Å². The lowest BCUT2D eigenvalue weighted by atomic mass is 10.0. The van der Waals surface area contributed by atoms with Crippen LogP contribution in [0.1, 0.15) is 33.6 Å². The zero-order chi connectivity index (χ0) is 28.2. The fraction of sp³-hybridized carbons (Fsp3) is 0.393. The number of nitrogens with zero attached hydrogens (tertiary/aromatic N) is 2. The van der Waals surface area contributed by atoms with Gasteiger partial charge in [-0.3, -0.25) is 24.1 Å². The second kappa shape index (κ2) is 11.9. The number of hydrogen-bond acceptors (Lipinski definition) is 8. The Kier molecular flexibility index (Phi) is 8.61. The summed E-state index contributed by atoms with van der Waals surface area (Å²) < 4.78 is 10.9. The van der Waals surface area contributed by atoms with Gasteiger partial charge in [-0.05, 0) is 43.2 Å². The maximum atomic E-state index is 13.5. The van der Waals surface area contributed by atoms with Gasteiger partial charge in [-0.15, -0.1) is 0 Å². The number of rotatable bonds is 9. The van der Waals surface area contributed by atoms with Gasteiger partial charge in [-0.25, -0.2) is 14.7 Å². The molecule has 11 heteroatoms. The van der Waals surface area contributed by atoms with E-state index >= 15 is 0 Å². The third kappa shape index (κ3) is 6.60. The normalized spacial score (nSPS) is 21.7. The first-order chi connectivity index (χ1) is 18.6. The molecule has 0 N–H and O–H groups in total. The molecule has 0 saturated carbocycles. The van der Waals surface area contributed by atoms with Gasteiger partial charge in [0.2, 0.25) is 12.2 Å². The first-order valence-electron chi connectivity index (χ1n) is 12.9. The van der Waals surface area contributed by atoms with Gasteiger partial charge >= 0.3 is 11.9 Å². The molecule has 0 radical (unpaired) electrons. The summed E-state index contributed by atoms with van der Waals surface area (Å²) in [6.07, 6.45) is -2.78. The molecule has 2 aliphatic heterocycles. The molecule has 2 aliphatic rings. The van der Waals surface area contributed by atoms with Crippen LogP contribution < -0.4 is 0 Å². The van der Waals surface area contributed by atoms with E-state index in [1.165, 1.54) is 29.3 Å². The number of ether oxygens (including phenoxy) is 2. The topological polar surface area (TPSA) is 120 Å². The van der Waals surface area contributed by atoms with Crippen molar-refractivity contribution in [3.63, 3.8) is 0 Å². The molecular formula is C28H32N2O8Si. The summed E-state index contributed by atoms with van der Waals surface area (Å²) in [5.74, 6) is -4.11. The van der Waals surface area contributed by atoms with E-state index in [9.17, 15) is 24.0 Å². The largest absolute Gasteiger partial charge is 0.444 e. The minimum Gasteiger partial charge on any atom is -0.444 e. The highest BCUT2D eigenvalue weighted by atomic mass is 28.3. The number of hydroxylamine groups is 2. The number of carbonyl (C=O) groups is 5. The Labute approximate surface area is 227 Å². The molecule has 4 rings (SSSR count). The van der Waals surface area contributed by atoms with Crippen molar-refractivity contribution in [2.45, 2.75) is 56.8 Å². The first kappa shape index (κ1) is 28.2. The van der Waals surface area contributed by atoms with Gasteiger partial charge in [-0.1, -0.05) is 56.0 Å². The Morgan fingerprint density at radius 3 is 1.74 bits per heavy atom. The Balaban J connectivity index is 1.57. The van der Waals surface area contributed by atoms with E-state index in [1.54, 1.807) is 36.4 Å².